The van der Waals surface area contributed by atoms with Gasteiger partial charge in [-0.25, -0.2) is 4.98 Å². The fraction of sp³-hybridized carbons (Fsp3) is 0. The molecule has 0 atom stereocenters. The smallest absolute Gasteiger partial charge is 0.115 e. The van der Waals surface area contributed by atoms with Crippen LogP contribution in [0.3, 0.4) is 0 Å². The summed E-state index contributed by atoms with van der Waals surface area (Å²) in [6.45, 7) is 0. The van der Waals surface area contributed by atoms with Gasteiger partial charge in [0, 0.05) is 10.9 Å². The van der Waals surface area contributed by atoms with Crippen molar-refractivity contribution in [3.8, 4) is 28.1 Å². The van der Waals surface area contributed by atoms with Gasteiger partial charge in [0.15, 0.2) is 0 Å². The number of nitrogens with zero attached hydrogens (tertiary/aromatic N) is 1. The van der Waals surface area contributed by atoms with Gasteiger partial charge in [-0.3, -0.25) is 0 Å². The van der Waals surface area contributed by atoms with Crippen molar-refractivity contribution in [2.75, 3.05) is 0 Å². The van der Waals surface area contributed by atoms with Crippen LogP contribution in [0.5, 0.6) is 5.75 Å². The quantitative estimate of drug-likeness (QED) is 0.510. The largest absolute Gasteiger partial charge is 0.508 e. The fourth-order valence-electron chi connectivity index (χ4n) is 2.81. The lowest BCUT2D eigenvalue weighted by atomic mass is 9.98. The number of benzene rings is 3. The normalized spacial score (nSPS) is 10.3. The number of fused-ring (bicyclic) bond motifs is 1. The molecule has 0 fully saturated rings. The molecule has 0 radical (unpaired) electrons. The predicted molar refractivity (Wildman–Crippen MR) is 102 cm³/mol. The van der Waals surface area contributed by atoms with Crippen molar-refractivity contribution in [2.45, 2.75) is 0 Å². The van der Waals surface area contributed by atoms with E-state index in [2.05, 4.69) is 24.3 Å². The Balaban J connectivity index is 0.00000169. The summed E-state index contributed by atoms with van der Waals surface area (Å²) in [7, 11) is 0. The number of pyridine rings is 1. The Hall–Kier alpha value is -2.84. The van der Waals surface area contributed by atoms with E-state index in [1.54, 1.807) is 12.1 Å². The lowest BCUT2D eigenvalue weighted by Crippen LogP contribution is -1.89. The summed E-state index contributed by atoms with van der Waals surface area (Å²) < 4.78 is 0. The Kier molecular flexibility index (Phi) is 4.50. The number of aromatic hydroxyl groups is 1. The van der Waals surface area contributed by atoms with E-state index >= 15 is 0 Å². The molecule has 2 nitrogen and oxygen atoms in total. The van der Waals surface area contributed by atoms with E-state index in [-0.39, 0.29) is 18.2 Å². The number of hydrogen-bond acceptors (Lipinski definition) is 2. The van der Waals surface area contributed by atoms with Gasteiger partial charge in [-0.15, -0.1) is 12.4 Å². The molecule has 0 saturated heterocycles. The van der Waals surface area contributed by atoms with Gasteiger partial charge in [-0.2, -0.15) is 0 Å². The molecular weight excluding hydrogens is 318 g/mol. The number of aromatic nitrogens is 1. The van der Waals surface area contributed by atoms with E-state index in [1.165, 1.54) is 11.1 Å². The highest BCUT2D eigenvalue weighted by atomic mass is 35.5. The van der Waals surface area contributed by atoms with Gasteiger partial charge < -0.3 is 5.11 Å². The molecule has 3 heteroatoms. The number of para-hydroxylation sites is 1. The predicted octanol–water partition coefficient (Wildman–Crippen LogP) is 5.70. The molecule has 0 spiro atoms. The van der Waals surface area contributed by atoms with Crippen LogP contribution in [0.1, 0.15) is 0 Å². The van der Waals surface area contributed by atoms with Crippen LogP contribution < -0.4 is 0 Å². The Morgan fingerprint density at radius 2 is 1.33 bits per heavy atom. The highest BCUT2D eigenvalue weighted by Gasteiger charge is 2.09. The third-order valence-corrected chi connectivity index (χ3v) is 3.96. The van der Waals surface area contributed by atoms with Crippen molar-refractivity contribution in [3.63, 3.8) is 0 Å². The van der Waals surface area contributed by atoms with Crippen molar-refractivity contribution < 1.29 is 5.11 Å². The van der Waals surface area contributed by atoms with E-state index < -0.39 is 0 Å². The number of phenolic OH excluding ortho intramolecular Hbond substituents is 1. The summed E-state index contributed by atoms with van der Waals surface area (Å²) in [6, 6.07) is 27.8. The summed E-state index contributed by atoms with van der Waals surface area (Å²) in [5.74, 6) is 0.262. The van der Waals surface area contributed by atoms with Crippen molar-refractivity contribution in [2.24, 2.45) is 0 Å². The maximum atomic E-state index is 9.49. The second-order valence-corrected chi connectivity index (χ2v) is 5.49. The summed E-state index contributed by atoms with van der Waals surface area (Å²) in [5, 5.41) is 10.6. The molecule has 0 unspecified atom stereocenters. The molecule has 1 heterocycles. The summed E-state index contributed by atoms with van der Waals surface area (Å²) in [5.41, 5.74) is 5.20. The van der Waals surface area contributed by atoms with Gasteiger partial charge in [-0.05, 0) is 47.5 Å². The molecule has 0 saturated carbocycles. The van der Waals surface area contributed by atoms with E-state index in [9.17, 15) is 5.11 Å². The maximum Gasteiger partial charge on any atom is 0.115 e. The number of halogens is 1. The molecule has 1 aromatic heterocycles. The van der Waals surface area contributed by atoms with E-state index in [4.69, 9.17) is 4.98 Å². The standard InChI is InChI=1S/C21H15NO.ClH/c23-17-12-10-16(11-13-17)21-14-19(15-6-2-1-3-7-15)18-8-4-5-9-20(18)22-21;/h1-14,23H;1H. The lowest BCUT2D eigenvalue weighted by Gasteiger charge is -2.10. The van der Waals surface area contributed by atoms with Crippen molar-refractivity contribution in [1.29, 1.82) is 0 Å². The number of rotatable bonds is 2. The lowest BCUT2D eigenvalue weighted by molar-refractivity contribution is 0.475. The van der Waals surface area contributed by atoms with Gasteiger partial charge in [0.2, 0.25) is 0 Å². The second-order valence-electron chi connectivity index (χ2n) is 5.49. The molecule has 4 aromatic rings. The number of phenols is 1. The topological polar surface area (TPSA) is 33.1 Å². The third-order valence-electron chi connectivity index (χ3n) is 3.96. The molecule has 1 N–H and O–H groups in total. The molecule has 0 aliphatic heterocycles. The molecule has 0 aliphatic rings. The van der Waals surface area contributed by atoms with Crippen LogP contribution in [0, 0.1) is 0 Å². The fourth-order valence-corrected chi connectivity index (χ4v) is 2.81. The van der Waals surface area contributed by atoms with E-state index in [1.807, 2.05) is 48.5 Å². The van der Waals surface area contributed by atoms with E-state index in [0.717, 1.165) is 22.2 Å². The SMILES string of the molecule is Cl.Oc1ccc(-c2cc(-c3ccccc3)c3ccccc3n2)cc1. The van der Waals surface area contributed by atoms with Gasteiger partial charge >= 0.3 is 0 Å². The zero-order chi connectivity index (χ0) is 15.6. The Bertz CT molecular complexity index is 966. The summed E-state index contributed by atoms with van der Waals surface area (Å²) in [4.78, 5) is 4.78. The average Bonchev–Trinajstić information content (AvgIpc) is 2.62. The highest BCUT2D eigenvalue weighted by Crippen LogP contribution is 2.32. The van der Waals surface area contributed by atoms with Crippen LogP contribution >= 0.6 is 12.4 Å². The molecule has 24 heavy (non-hydrogen) atoms. The molecule has 0 bridgehead atoms. The first-order valence-electron chi connectivity index (χ1n) is 7.56. The first kappa shape index (κ1) is 16.0. The zero-order valence-corrected chi connectivity index (χ0v) is 13.7. The van der Waals surface area contributed by atoms with Crippen LogP contribution in [-0.4, -0.2) is 10.1 Å². The maximum absolute atomic E-state index is 9.49. The first-order valence-corrected chi connectivity index (χ1v) is 7.56. The van der Waals surface area contributed by atoms with Gasteiger partial charge in [0.1, 0.15) is 5.75 Å². The molecule has 0 aliphatic carbocycles. The summed E-state index contributed by atoms with van der Waals surface area (Å²) >= 11 is 0. The minimum Gasteiger partial charge on any atom is -0.508 e. The van der Waals surface area contributed by atoms with Gasteiger partial charge in [0.05, 0.1) is 11.2 Å². The molecule has 118 valence electrons. The van der Waals surface area contributed by atoms with Crippen molar-refractivity contribution in [3.05, 3.63) is 84.9 Å². The van der Waals surface area contributed by atoms with Crippen molar-refractivity contribution >= 4 is 23.3 Å². The van der Waals surface area contributed by atoms with Crippen LogP contribution in [0.2, 0.25) is 0 Å². The van der Waals surface area contributed by atoms with Crippen LogP contribution in [-0.2, 0) is 0 Å². The molecular formula is C21H16ClNO. The minimum atomic E-state index is 0. The summed E-state index contributed by atoms with van der Waals surface area (Å²) in [6.07, 6.45) is 0. The van der Waals surface area contributed by atoms with Gasteiger partial charge in [-0.1, -0.05) is 48.5 Å². The highest BCUT2D eigenvalue weighted by molar-refractivity contribution is 5.96. The number of hydrogen-bond donors (Lipinski definition) is 1. The molecule has 3 aromatic carbocycles. The average molecular weight is 334 g/mol. The Morgan fingerprint density at radius 3 is 2.08 bits per heavy atom. The Labute approximate surface area is 146 Å². The first-order chi connectivity index (χ1) is 11.3. The molecule has 4 rings (SSSR count). The minimum absolute atomic E-state index is 0. The Morgan fingerprint density at radius 1 is 0.667 bits per heavy atom. The van der Waals surface area contributed by atoms with Crippen LogP contribution in [0.15, 0.2) is 84.9 Å². The molecule has 0 amide bonds. The van der Waals surface area contributed by atoms with Crippen LogP contribution in [0.4, 0.5) is 0 Å². The van der Waals surface area contributed by atoms with Crippen molar-refractivity contribution in [1.82, 2.24) is 4.98 Å². The van der Waals surface area contributed by atoms with Gasteiger partial charge in [0.25, 0.3) is 0 Å². The third kappa shape index (κ3) is 2.97. The monoisotopic (exact) mass is 333 g/mol. The zero-order valence-electron chi connectivity index (χ0n) is 12.9. The van der Waals surface area contributed by atoms with E-state index in [0.29, 0.717) is 0 Å². The second kappa shape index (κ2) is 6.73. The van der Waals surface area contributed by atoms with Crippen LogP contribution in [0.25, 0.3) is 33.3 Å².